The number of carboxylic acids is 1. The van der Waals surface area contributed by atoms with E-state index in [4.69, 9.17) is 22.6 Å². The highest BCUT2D eigenvalue weighted by molar-refractivity contribution is 6.30. The highest BCUT2D eigenvalue weighted by atomic mass is 35.5. The van der Waals surface area contributed by atoms with E-state index in [1.165, 1.54) is 0 Å². The molecule has 4 nitrogen and oxygen atoms in total. The van der Waals surface area contributed by atoms with Crippen molar-refractivity contribution in [3.8, 4) is 0 Å². The van der Waals surface area contributed by atoms with Gasteiger partial charge in [0, 0.05) is 5.02 Å². The Hall–Kier alpha value is -1.26. The molecule has 3 N–H and O–H groups in total. The van der Waals surface area contributed by atoms with Gasteiger partial charge in [0.05, 0.1) is 5.69 Å². The third-order valence-corrected chi connectivity index (χ3v) is 1.72. The zero-order valence-electron chi connectivity index (χ0n) is 6.77. The maximum Gasteiger partial charge on any atom is 0.324 e. The van der Waals surface area contributed by atoms with Gasteiger partial charge in [0.2, 0.25) is 0 Å². The molecule has 1 aromatic carbocycles. The molecule has 0 bridgehead atoms. The average Bonchev–Trinajstić information content (AvgIpc) is 2.04. The van der Waals surface area contributed by atoms with E-state index in [0.29, 0.717) is 10.7 Å². The van der Waals surface area contributed by atoms with Gasteiger partial charge in [0.1, 0.15) is 6.54 Å². The monoisotopic (exact) mass is 200 g/mol. The van der Waals surface area contributed by atoms with Gasteiger partial charge < -0.3 is 5.11 Å². The van der Waals surface area contributed by atoms with Crippen LogP contribution in [0.5, 0.6) is 0 Å². The number of hydrogen-bond donors (Lipinski definition) is 2. The van der Waals surface area contributed by atoms with Gasteiger partial charge in [-0.2, -0.15) is 0 Å². The van der Waals surface area contributed by atoms with Crippen LogP contribution in [-0.2, 0) is 4.79 Å². The van der Waals surface area contributed by atoms with Crippen LogP contribution >= 0.6 is 11.6 Å². The normalized spacial score (nSPS) is 9.69. The third kappa shape index (κ3) is 2.93. The lowest BCUT2D eigenvalue weighted by Crippen LogP contribution is -2.35. The molecule has 0 aromatic heterocycles. The molecule has 0 aliphatic heterocycles. The molecule has 0 heterocycles. The summed E-state index contributed by atoms with van der Waals surface area (Å²) in [6.07, 6.45) is 0. The van der Waals surface area contributed by atoms with E-state index in [1.807, 2.05) is 0 Å². The van der Waals surface area contributed by atoms with Crippen molar-refractivity contribution in [2.24, 2.45) is 5.84 Å². The number of hydrazine groups is 1. The number of benzene rings is 1. The summed E-state index contributed by atoms with van der Waals surface area (Å²) in [7, 11) is 0. The zero-order chi connectivity index (χ0) is 9.84. The van der Waals surface area contributed by atoms with Gasteiger partial charge in [-0.1, -0.05) is 11.6 Å². The second-order valence-corrected chi connectivity index (χ2v) is 2.93. The highest BCUT2D eigenvalue weighted by Crippen LogP contribution is 2.15. The smallest absolute Gasteiger partial charge is 0.324 e. The SMILES string of the molecule is NN(CC(=O)O)c1ccc(Cl)cc1. The van der Waals surface area contributed by atoms with Crippen molar-refractivity contribution in [2.45, 2.75) is 0 Å². The van der Waals surface area contributed by atoms with Gasteiger partial charge in [0.15, 0.2) is 0 Å². The predicted octanol–water partition coefficient (Wildman–Crippen LogP) is 1.10. The molecule has 13 heavy (non-hydrogen) atoms. The van der Waals surface area contributed by atoms with Gasteiger partial charge in [-0.15, -0.1) is 0 Å². The van der Waals surface area contributed by atoms with Crippen molar-refractivity contribution >= 4 is 23.3 Å². The largest absolute Gasteiger partial charge is 0.480 e. The quantitative estimate of drug-likeness (QED) is 0.567. The maximum atomic E-state index is 10.3. The van der Waals surface area contributed by atoms with Gasteiger partial charge in [-0.3, -0.25) is 9.80 Å². The molecule has 0 amide bonds. The van der Waals surface area contributed by atoms with Crippen LogP contribution in [0.3, 0.4) is 0 Å². The summed E-state index contributed by atoms with van der Waals surface area (Å²) in [6.45, 7) is -0.234. The van der Waals surface area contributed by atoms with E-state index in [9.17, 15) is 4.79 Å². The van der Waals surface area contributed by atoms with Crippen molar-refractivity contribution in [1.82, 2.24) is 0 Å². The summed E-state index contributed by atoms with van der Waals surface area (Å²) in [5.41, 5.74) is 0.617. The second kappa shape index (κ2) is 4.11. The van der Waals surface area contributed by atoms with Crippen molar-refractivity contribution in [3.05, 3.63) is 29.3 Å². The molecule has 0 aliphatic rings. The Morgan fingerprint density at radius 2 is 2.00 bits per heavy atom. The summed E-state index contributed by atoms with van der Waals surface area (Å²) < 4.78 is 0. The third-order valence-electron chi connectivity index (χ3n) is 1.46. The lowest BCUT2D eigenvalue weighted by atomic mass is 10.3. The summed E-state index contributed by atoms with van der Waals surface area (Å²) in [5, 5.41) is 10.2. The molecule has 0 radical (unpaired) electrons. The Morgan fingerprint density at radius 1 is 1.46 bits per heavy atom. The molecule has 1 aromatic rings. The van der Waals surface area contributed by atoms with E-state index in [1.54, 1.807) is 24.3 Å². The number of carboxylic acid groups (broad SMARTS) is 1. The van der Waals surface area contributed by atoms with E-state index in [2.05, 4.69) is 0 Å². The molecule has 0 saturated heterocycles. The fourth-order valence-electron chi connectivity index (χ4n) is 0.870. The summed E-state index contributed by atoms with van der Waals surface area (Å²) >= 11 is 5.65. The molecule has 70 valence electrons. The van der Waals surface area contributed by atoms with Crippen LogP contribution < -0.4 is 10.9 Å². The van der Waals surface area contributed by atoms with Gasteiger partial charge in [0.25, 0.3) is 0 Å². The molecule has 5 heteroatoms. The van der Waals surface area contributed by atoms with Gasteiger partial charge >= 0.3 is 5.97 Å². The number of carbonyl (C=O) groups is 1. The van der Waals surface area contributed by atoms with Crippen molar-refractivity contribution in [2.75, 3.05) is 11.6 Å². The Morgan fingerprint density at radius 3 is 2.46 bits per heavy atom. The molecule has 0 spiro atoms. The van der Waals surface area contributed by atoms with Crippen LogP contribution in [0.15, 0.2) is 24.3 Å². The van der Waals surface area contributed by atoms with Gasteiger partial charge in [-0.25, -0.2) is 5.84 Å². The van der Waals surface area contributed by atoms with Crippen LogP contribution in [0.1, 0.15) is 0 Å². The zero-order valence-corrected chi connectivity index (χ0v) is 7.53. The minimum absolute atomic E-state index is 0.234. The number of nitrogens with zero attached hydrogens (tertiary/aromatic N) is 1. The molecule has 0 unspecified atom stereocenters. The van der Waals surface area contributed by atoms with Crippen LogP contribution in [0, 0.1) is 0 Å². The minimum atomic E-state index is -0.975. The highest BCUT2D eigenvalue weighted by Gasteiger charge is 2.05. The summed E-state index contributed by atoms with van der Waals surface area (Å²) in [4.78, 5) is 10.3. The molecule has 0 atom stereocenters. The van der Waals surface area contributed by atoms with Crippen LogP contribution in [0.2, 0.25) is 5.02 Å². The molecule has 0 fully saturated rings. The first-order chi connectivity index (χ1) is 6.09. The fourth-order valence-corrected chi connectivity index (χ4v) is 0.996. The number of aliphatic carboxylic acids is 1. The number of rotatable bonds is 3. The van der Waals surface area contributed by atoms with Crippen molar-refractivity contribution in [1.29, 1.82) is 0 Å². The van der Waals surface area contributed by atoms with Crippen LogP contribution in [-0.4, -0.2) is 17.6 Å². The Labute approximate surface area is 80.5 Å². The topological polar surface area (TPSA) is 66.6 Å². The second-order valence-electron chi connectivity index (χ2n) is 2.50. The Bertz CT molecular complexity index is 300. The maximum absolute atomic E-state index is 10.3. The van der Waals surface area contributed by atoms with E-state index in [-0.39, 0.29) is 6.54 Å². The van der Waals surface area contributed by atoms with E-state index in [0.717, 1.165) is 5.01 Å². The van der Waals surface area contributed by atoms with E-state index < -0.39 is 5.97 Å². The molecule has 0 aliphatic carbocycles. The van der Waals surface area contributed by atoms with Crippen molar-refractivity contribution in [3.63, 3.8) is 0 Å². The Balaban J connectivity index is 2.71. The predicted molar refractivity (Wildman–Crippen MR) is 50.6 cm³/mol. The number of halogens is 1. The number of anilines is 1. The number of hydrogen-bond acceptors (Lipinski definition) is 3. The first-order valence-electron chi connectivity index (χ1n) is 3.59. The molecular formula is C8H9ClN2O2. The Kier molecular flexibility index (Phi) is 3.11. The average molecular weight is 201 g/mol. The van der Waals surface area contributed by atoms with Crippen LogP contribution in [0.4, 0.5) is 5.69 Å². The lowest BCUT2D eigenvalue weighted by molar-refractivity contribution is -0.135. The van der Waals surface area contributed by atoms with Crippen LogP contribution in [0.25, 0.3) is 0 Å². The van der Waals surface area contributed by atoms with Crippen molar-refractivity contribution < 1.29 is 9.90 Å². The molecule has 0 saturated carbocycles. The molecular weight excluding hydrogens is 192 g/mol. The molecule has 1 rings (SSSR count). The first kappa shape index (κ1) is 9.83. The minimum Gasteiger partial charge on any atom is -0.480 e. The summed E-state index contributed by atoms with van der Waals surface area (Å²) in [5.74, 6) is 4.48. The fraction of sp³-hybridized carbons (Fsp3) is 0.125. The lowest BCUT2D eigenvalue weighted by Gasteiger charge is -2.15. The van der Waals surface area contributed by atoms with E-state index >= 15 is 0 Å². The first-order valence-corrected chi connectivity index (χ1v) is 3.97. The standard InChI is InChI=1S/C8H9ClN2O2/c9-6-1-3-7(4-2-6)11(10)5-8(12)13/h1-4H,5,10H2,(H,12,13). The number of nitrogens with two attached hydrogens (primary N) is 1. The van der Waals surface area contributed by atoms with Gasteiger partial charge in [-0.05, 0) is 24.3 Å². The summed E-state index contributed by atoms with van der Waals surface area (Å²) in [6, 6.07) is 6.62.